The number of hydrogen-bond acceptors (Lipinski definition) is 3. The Morgan fingerprint density at radius 3 is 2.53 bits per heavy atom. The van der Waals surface area contributed by atoms with Gasteiger partial charge in [-0.25, -0.2) is 0 Å². The molecule has 0 atom stereocenters. The number of ether oxygens (including phenoxy) is 1. The lowest BCUT2D eigenvalue weighted by Gasteiger charge is -2.05. The van der Waals surface area contributed by atoms with Gasteiger partial charge in [0, 0.05) is 0 Å². The van der Waals surface area contributed by atoms with Gasteiger partial charge in [0.05, 0.1) is 19.5 Å². The van der Waals surface area contributed by atoms with Crippen molar-refractivity contribution in [3.63, 3.8) is 0 Å². The van der Waals surface area contributed by atoms with Crippen molar-refractivity contribution >= 4 is 6.21 Å². The Balaban J connectivity index is 2.20. The van der Waals surface area contributed by atoms with E-state index < -0.39 is 0 Å². The first kappa shape index (κ1) is 15.5. The maximum atomic E-state index is 11.9. The van der Waals surface area contributed by atoms with Gasteiger partial charge in [0.1, 0.15) is 12.4 Å². The summed E-state index contributed by atoms with van der Waals surface area (Å²) in [4.78, 5) is 4.89. The topological polar surface area (TPSA) is 30.8 Å². The zero-order chi connectivity index (χ0) is 13.8. The van der Waals surface area contributed by atoms with E-state index in [1.54, 1.807) is 6.21 Å². The van der Waals surface area contributed by atoms with Crippen molar-refractivity contribution < 1.29 is 14.0 Å². The van der Waals surface area contributed by atoms with Gasteiger partial charge in [-0.1, -0.05) is 11.6 Å². The smallest absolute Gasteiger partial charge is 0.119 e. The summed E-state index contributed by atoms with van der Waals surface area (Å²) < 4.78 is 17.5. The molecule has 0 aromatic heterocycles. The predicted octanol–water partition coefficient (Wildman–Crippen LogP) is 3.97. The van der Waals surface area contributed by atoms with Crippen LogP contribution in [0, 0.1) is 0 Å². The lowest BCUT2D eigenvalue weighted by molar-refractivity contribution is 0.160. The molecule has 1 rings (SSSR count). The molecule has 1 aromatic rings. The summed E-state index contributed by atoms with van der Waals surface area (Å²) in [7, 11) is 0. The Morgan fingerprint density at radius 1 is 1.11 bits per heavy atom. The van der Waals surface area contributed by atoms with Crippen LogP contribution in [0.4, 0.5) is 4.39 Å². The van der Waals surface area contributed by atoms with Gasteiger partial charge < -0.3 is 9.57 Å². The summed E-state index contributed by atoms with van der Waals surface area (Å²) in [5.41, 5.74) is 0.976. The van der Waals surface area contributed by atoms with Gasteiger partial charge in [0.25, 0.3) is 0 Å². The number of benzene rings is 1. The van der Waals surface area contributed by atoms with Gasteiger partial charge in [0.2, 0.25) is 0 Å². The van der Waals surface area contributed by atoms with E-state index in [1.807, 2.05) is 31.2 Å². The lowest BCUT2D eigenvalue weighted by Crippen LogP contribution is -1.97. The summed E-state index contributed by atoms with van der Waals surface area (Å²) in [5, 5.41) is 3.80. The average Bonchev–Trinajstić information content (AvgIpc) is 2.44. The number of rotatable bonds is 10. The molecule has 3 nitrogen and oxygen atoms in total. The van der Waals surface area contributed by atoms with Gasteiger partial charge in [0.15, 0.2) is 0 Å². The maximum absolute atomic E-state index is 11.9. The van der Waals surface area contributed by atoms with Crippen LogP contribution in [0.1, 0.15) is 38.2 Å². The largest absolute Gasteiger partial charge is 0.494 e. The fourth-order valence-electron chi connectivity index (χ4n) is 1.56. The van der Waals surface area contributed by atoms with Crippen molar-refractivity contribution in [3.05, 3.63) is 29.8 Å². The molecule has 0 aliphatic carbocycles. The Hall–Kier alpha value is -1.58. The summed E-state index contributed by atoms with van der Waals surface area (Å²) >= 11 is 0. The molecule has 0 radical (unpaired) electrons. The molecule has 0 amide bonds. The van der Waals surface area contributed by atoms with Gasteiger partial charge in [-0.3, -0.25) is 4.39 Å². The van der Waals surface area contributed by atoms with E-state index in [9.17, 15) is 4.39 Å². The fourth-order valence-corrected chi connectivity index (χ4v) is 1.56. The van der Waals surface area contributed by atoms with Crippen LogP contribution in [0.2, 0.25) is 0 Å². The van der Waals surface area contributed by atoms with Crippen molar-refractivity contribution in [1.82, 2.24) is 0 Å². The second-order valence-corrected chi connectivity index (χ2v) is 4.17. The van der Waals surface area contributed by atoms with Crippen LogP contribution in [-0.2, 0) is 4.84 Å². The molecule has 1 aromatic carbocycles. The molecule has 0 spiro atoms. The van der Waals surface area contributed by atoms with Crippen LogP contribution in [0.25, 0.3) is 0 Å². The second-order valence-electron chi connectivity index (χ2n) is 4.17. The minimum atomic E-state index is -0.217. The highest BCUT2D eigenvalue weighted by Gasteiger charge is 1.95. The van der Waals surface area contributed by atoms with Crippen LogP contribution in [0.15, 0.2) is 29.4 Å². The molecule has 0 saturated carbocycles. The predicted molar refractivity (Wildman–Crippen MR) is 75.6 cm³/mol. The van der Waals surface area contributed by atoms with E-state index in [2.05, 4.69) is 5.16 Å². The highest BCUT2D eigenvalue weighted by atomic mass is 19.1. The van der Waals surface area contributed by atoms with Gasteiger partial charge in [-0.15, -0.1) is 0 Å². The quantitative estimate of drug-likeness (QED) is 0.365. The Morgan fingerprint density at radius 2 is 1.84 bits per heavy atom. The van der Waals surface area contributed by atoms with Crippen molar-refractivity contribution in [3.8, 4) is 5.75 Å². The summed E-state index contributed by atoms with van der Waals surface area (Å²) in [6.07, 6.45) is 5.25. The first-order valence-corrected chi connectivity index (χ1v) is 6.81. The van der Waals surface area contributed by atoms with Gasteiger partial charge in [-0.2, -0.15) is 0 Å². The number of unbranched alkanes of at least 4 members (excludes halogenated alkanes) is 3. The molecule has 0 N–H and O–H groups in total. The Bertz CT molecular complexity index is 352. The Kier molecular flexibility index (Phi) is 8.43. The van der Waals surface area contributed by atoms with Crippen LogP contribution in [0.3, 0.4) is 0 Å². The van der Waals surface area contributed by atoms with Crippen molar-refractivity contribution in [2.75, 3.05) is 19.9 Å². The minimum Gasteiger partial charge on any atom is -0.494 e. The summed E-state index contributed by atoms with van der Waals surface area (Å²) in [5.74, 6) is 0.846. The molecule has 0 fully saturated rings. The fraction of sp³-hybridized carbons (Fsp3) is 0.533. The van der Waals surface area contributed by atoms with E-state index >= 15 is 0 Å². The third-order valence-corrected chi connectivity index (χ3v) is 2.58. The number of oxime groups is 1. The summed E-state index contributed by atoms with van der Waals surface area (Å²) in [6, 6.07) is 7.69. The highest BCUT2D eigenvalue weighted by molar-refractivity contribution is 5.79. The first-order valence-electron chi connectivity index (χ1n) is 6.81. The highest BCUT2D eigenvalue weighted by Crippen LogP contribution is 2.12. The van der Waals surface area contributed by atoms with E-state index in [1.165, 1.54) is 0 Å². The van der Waals surface area contributed by atoms with Crippen LogP contribution in [-0.4, -0.2) is 26.1 Å². The molecule has 0 unspecified atom stereocenters. The van der Waals surface area contributed by atoms with Crippen molar-refractivity contribution in [2.45, 2.75) is 32.6 Å². The first-order chi connectivity index (χ1) is 9.36. The zero-order valence-corrected chi connectivity index (χ0v) is 11.5. The number of halogens is 1. The van der Waals surface area contributed by atoms with Gasteiger partial charge in [-0.05, 0) is 56.0 Å². The molecule has 106 valence electrons. The maximum Gasteiger partial charge on any atom is 0.119 e. The van der Waals surface area contributed by atoms with Gasteiger partial charge >= 0.3 is 0 Å². The molecule has 19 heavy (non-hydrogen) atoms. The van der Waals surface area contributed by atoms with E-state index in [0.29, 0.717) is 19.6 Å². The molecule has 0 aliphatic rings. The van der Waals surface area contributed by atoms with Crippen LogP contribution < -0.4 is 4.74 Å². The number of hydrogen-bond donors (Lipinski definition) is 0. The normalized spacial score (nSPS) is 10.8. The second kappa shape index (κ2) is 10.4. The molecular weight excluding hydrogens is 245 g/mol. The third-order valence-electron chi connectivity index (χ3n) is 2.58. The average molecular weight is 267 g/mol. The molecule has 0 bridgehead atoms. The summed E-state index contributed by atoms with van der Waals surface area (Å²) in [6.45, 7) is 2.92. The molecule has 0 heterocycles. The van der Waals surface area contributed by atoms with E-state index in [4.69, 9.17) is 9.57 Å². The number of alkyl halides is 1. The van der Waals surface area contributed by atoms with Crippen LogP contribution >= 0.6 is 0 Å². The Labute approximate surface area is 114 Å². The molecule has 4 heteroatoms. The van der Waals surface area contributed by atoms with Crippen molar-refractivity contribution in [1.29, 1.82) is 0 Å². The minimum absolute atomic E-state index is 0.217. The van der Waals surface area contributed by atoms with Crippen molar-refractivity contribution in [2.24, 2.45) is 5.16 Å². The molecular formula is C15H22FNO2. The lowest BCUT2D eigenvalue weighted by atomic mass is 10.2. The zero-order valence-electron chi connectivity index (χ0n) is 11.5. The number of nitrogens with zero attached hydrogens (tertiary/aromatic N) is 1. The molecule has 0 aliphatic heterocycles. The third kappa shape index (κ3) is 7.44. The monoisotopic (exact) mass is 267 g/mol. The molecule has 0 saturated heterocycles. The SMILES string of the molecule is CCO/N=C/c1ccc(OCCCCCCF)cc1. The van der Waals surface area contributed by atoms with Crippen LogP contribution in [0.5, 0.6) is 5.75 Å². The van der Waals surface area contributed by atoms with E-state index in [0.717, 1.165) is 30.6 Å². The standard InChI is InChI=1S/C15H22FNO2/c1-2-19-17-13-14-7-9-15(10-8-14)18-12-6-4-3-5-11-16/h7-10,13H,2-6,11-12H2,1H3/b17-13+. The van der Waals surface area contributed by atoms with E-state index in [-0.39, 0.29) is 6.67 Å².